The lowest BCUT2D eigenvalue weighted by Crippen LogP contribution is -2.22. The van der Waals surface area contributed by atoms with Crippen LogP contribution in [0.3, 0.4) is 0 Å². The molecule has 0 saturated carbocycles. The molecule has 0 saturated heterocycles. The lowest BCUT2D eigenvalue weighted by atomic mass is 10.2. The number of pyridine rings is 1. The van der Waals surface area contributed by atoms with Crippen molar-refractivity contribution < 1.29 is 9.21 Å². The molecule has 4 aromatic heterocycles. The maximum Gasteiger partial charge on any atom is 0.253 e. The van der Waals surface area contributed by atoms with Gasteiger partial charge in [-0.3, -0.25) is 4.79 Å². The number of carbonyl (C=O) groups excluding carboxylic acids is 1. The van der Waals surface area contributed by atoms with Gasteiger partial charge in [-0.25, -0.2) is 19.6 Å². The second-order valence-electron chi connectivity index (χ2n) is 6.18. The number of thiazole rings is 1. The number of fused-ring (bicyclic) bond motifs is 1. The van der Waals surface area contributed by atoms with Gasteiger partial charge in [-0.15, -0.1) is 11.3 Å². The summed E-state index contributed by atoms with van der Waals surface area (Å²) in [6.07, 6.45) is 4.47. The first-order valence-corrected chi connectivity index (χ1v) is 9.62. The molecule has 0 fully saturated rings. The SMILES string of the molecule is O=C(NCc1ccc(-c2nc3ccccc3s2)o1)c1ccc(-n2cncn2)nc1. The molecular formula is C20H14N6O2S. The molecule has 0 atom stereocenters. The Bertz CT molecular complexity index is 1240. The third-order valence-electron chi connectivity index (χ3n) is 4.25. The van der Waals surface area contributed by atoms with Crippen molar-refractivity contribution in [1.82, 2.24) is 30.0 Å². The van der Waals surface area contributed by atoms with E-state index in [0.29, 0.717) is 22.9 Å². The van der Waals surface area contributed by atoms with E-state index in [0.717, 1.165) is 15.2 Å². The Kier molecular flexibility index (Phi) is 4.34. The van der Waals surface area contributed by atoms with Crippen LogP contribution in [-0.2, 0) is 6.54 Å². The van der Waals surface area contributed by atoms with E-state index >= 15 is 0 Å². The van der Waals surface area contributed by atoms with Crippen molar-refractivity contribution in [2.75, 3.05) is 0 Å². The molecule has 1 amide bonds. The molecule has 5 rings (SSSR count). The van der Waals surface area contributed by atoms with E-state index in [1.54, 1.807) is 29.8 Å². The zero-order valence-electron chi connectivity index (χ0n) is 15.0. The quantitative estimate of drug-likeness (QED) is 0.483. The first kappa shape index (κ1) is 17.3. The Balaban J connectivity index is 1.25. The van der Waals surface area contributed by atoms with E-state index in [1.165, 1.54) is 17.2 Å². The summed E-state index contributed by atoms with van der Waals surface area (Å²) >= 11 is 1.57. The fraction of sp³-hybridized carbons (Fsp3) is 0.0500. The number of amides is 1. The van der Waals surface area contributed by atoms with Crippen molar-refractivity contribution in [3.05, 3.63) is 78.7 Å². The van der Waals surface area contributed by atoms with Gasteiger partial charge in [0.05, 0.1) is 22.3 Å². The number of nitrogens with zero attached hydrogens (tertiary/aromatic N) is 5. The van der Waals surface area contributed by atoms with Gasteiger partial charge in [0, 0.05) is 6.20 Å². The molecule has 0 aliphatic carbocycles. The van der Waals surface area contributed by atoms with Gasteiger partial charge in [-0.05, 0) is 36.4 Å². The standard InChI is InChI=1S/C20H14N6O2S/c27-19(13-5-8-18(22-9-13)26-12-21-11-24-26)23-10-14-6-7-16(28-14)20-25-15-3-1-2-4-17(15)29-20/h1-9,11-12H,10H2,(H,23,27). The highest BCUT2D eigenvalue weighted by Gasteiger charge is 2.12. The van der Waals surface area contributed by atoms with E-state index in [1.807, 2.05) is 36.4 Å². The smallest absolute Gasteiger partial charge is 0.253 e. The molecule has 0 aliphatic heterocycles. The number of furan rings is 1. The average Bonchev–Trinajstić information content (AvgIpc) is 3.52. The molecule has 9 heteroatoms. The number of aromatic nitrogens is 5. The van der Waals surface area contributed by atoms with Gasteiger partial charge in [-0.1, -0.05) is 12.1 Å². The van der Waals surface area contributed by atoms with Gasteiger partial charge in [0.2, 0.25) is 0 Å². The van der Waals surface area contributed by atoms with E-state index in [2.05, 4.69) is 25.4 Å². The van der Waals surface area contributed by atoms with Crippen LogP contribution in [0.15, 0.2) is 71.8 Å². The van der Waals surface area contributed by atoms with Crippen molar-refractivity contribution in [2.45, 2.75) is 6.54 Å². The van der Waals surface area contributed by atoms with Crippen LogP contribution in [0.25, 0.3) is 26.8 Å². The summed E-state index contributed by atoms with van der Waals surface area (Å²) in [5, 5.41) is 7.66. The Morgan fingerprint density at radius 1 is 1.14 bits per heavy atom. The first-order chi connectivity index (χ1) is 14.3. The van der Waals surface area contributed by atoms with Gasteiger partial charge >= 0.3 is 0 Å². The molecule has 0 spiro atoms. The van der Waals surface area contributed by atoms with Crippen molar-refractivity contribution in [2.24, 2.45) is 0 Å². The van der Waals surface area contributed by atoms with Crippen molar-refractivity contribution in [3.63, 3.8) is 0 Å². The normalized spacial score (nSPS) is 11.0. The molecular weight excluding hydrogens is 388 g/mol. The number of benzene rings is 1. The lowest BCUT2D eigenvalue weighted by molar-refractivity contribution is 0.0947. The maximum atomic E-state index is 12.4. The summed E-state index contributed by atoms with van der Waals surface area (Å²) in [4.78, 5) is 25.1. The van der Waals surface area contributed by atoms with Crippen LogP contribution < -0.4 is 5.32 Å². The minimum Gasteiger partial charge on any atom is -0.457 e. The predicted molar refractivity (Wildman–Crippen MR) is 108 cm³/mol. The molecule has 8 nitrogen and oxygen atoms in total. The molecule has 0 radical (unpaired) electrons. The predicted octanol–water partition coefficient (Wildman–Crippen LogP) is 3.46. The fourth-order valence-electron chi connectivity index (χ4n) is 2.82. The van der Waals surface area contributed by atoms with Crippen LogP contribution in [-0.4, -0.2) is 30.6 Å². The molecule has 4 heterocycles. The molecule has 0 unspecified atom stereocenters. The molecule has 0 bridgehead atoms. The second kappa shape index (κ2) is 7.28. The third-order valence-corrected chi connectivity index (χ3v) is 5.30. The maximum absolute atomic E-state index is 12.4. The zero-order chi connectivity index (χ0) is 19.6. The second-order valence-corrected chi connectivity index (χ2v) is 7.21. The summed E-state index contributed by atoms with van der Waals surface area (Å²) < 4.78 is 8.48. The van der Waals surface area contributed by atoms with E-state index in [9.17, 15) is 4.79 Å². The highest BCUT2D eigenvalue weighted by molar-refractivity contribution is 7.21. The first-order valence-electron chi connectivity index (χ1n) is 8.80. The number of hydrogen-bond acceptors (Lipinski definition) is 7. The topological polar surface area (TPSA) is 98.7 Å². The summed E-state index contributed by atoms with van der Waals surface area (Å²) in [6.45, 7) is 0.272. The number of nitrogens with one attached hydrogen (secondary N) is 1. The number of carbonyl (C=O) groups is 1. The van der Waals surface area contributed by atoms with Crippen LogP contribution >= 0.6 is 11.3 Å². The zero-order valence-corrected chi connectivity index (χ0v) is 15.8. The van der Waals surface area contributed by atoms with Gasteiger partial charge in [0.15, 0.2) is 16.6 Å². The van der Waals surface area contributed by atoms with E-state index in [-0.39, 0.29) is 12.5 Å². The lowest BCUT2D eigenvalue weighted by Gasteiger charge is -2.04. The van der Waals surface area contributed by atoms with Gasteiger partial charge < -0.3 is 9.73 Å². The third kappa shape index (κ3) is 3.50. The Hall–Kier alpha value is -3.85. The summed E-state index contributed by atoms with van der Waals surface area (Å²) in [5.74, 6) is 1.69. The Morgan fingerprint density at radius 2 is 2.07 bits per heavy atom. The van der Waals surface area contributed by atoms with Crippen LogP contribution in [0.5, 0.6) is 0 Å². The van der Waals surface area contributed by atoms with Gasteiger partial charge in [0.1, 0.15) is 18.4 Å². The van der Waals surface area contributed by atoms with Crippen LogP contribution in [0.1, 0.15) is 16.1 Å². The Labute approximate surface area is 168 Å². The minimum absolute atomic E-state index is 0.236. The highest BCUT2D eigenvalue weighted by Crippen LogP contribution is 2.31. The van der Waals surface area contributed by atoms with Crippen LogP contribution in [0.4, 0.5) is 0 Å². The summed E-state index contributed by atoms with van der Waals surface area (Å²) in [7, 11) is 0. The van der Waals surface area contributed by atoms with E-state index < -0.39 is 0 Å². The molecule has 1 N–H and O–H groups in total. The number of hydrogen-bond donors (Lipinski definition) is 1. The average molecular weight is 402 g/mol. The number of para-hydroxylation sites is 1. The molecule has 0 aliphatic rings. The molecule has 29 heavy (non-hydrogen) atoms. The minimum atomic E-state index is -0.236. The summed E-state index contributed by atoms with van der Waals surface area (Å²) in [5.41, 5.74) is 1.40. The number of rotatable bonds is 5. The molecule has 142 valence electrons. The van der Waals surface area contributed by atoms with Crippen molar-refractivity contribution in [1.29, 1.82) is 0 Å². The summed E-state index contributed by atoms with van der Waals surface area (Å²) in [6, 6.07) is 15.1. The van der Waals surface area contributed by atoms with Crippen molar-refractivity contribution in [3.8, 4) is 16.6 Å². The largest absolute Gasteiger partial charge is 0.457 e. The molecule has 5 aromatic rings. The molecule has 1 aromatic carbocycles. The van der Waals surface area contributed by atoms with Gasteiger partial charge in [-0.2, -0.15) is 5.10 Å². The monoisotopic (exact) mass is 402 g/mol. The van der Waals surface area contributed by atoms with Crippen molar-refractivity contribution >= 4 is 27.5 Å². The highest BCUT2D eigenvalue weighted by atomic mass is 32.1. The Morgan fingerprint density at radius 3 is 2.86 bits per heavy atom. The van der Waals surface area contributed by atoms with Gasteiger partial charge in [0.25, 0.3) is 5.91 Å². The fourth-order valence-corrected chi connectivity index (χ4v) is 3.74. The van der Waals surface area contributed by atoms with Crippen LogP contribution in [0.2, 0.25) is 0 Å². The van der Waals surface area contributed by atoms with Crippen LogP contribution in [0, 0.1) is 0 Å². The van der Waals surface area contributed by atoms with E-state index in [4.69, 9.17) is 4.42 Å².